The molecule has 0 spiro atoms. The Morgan fingerprint density at radius 3 is 2.67 bits per heavy atom. The molecule has 0 aromatic heterocycles. The summed E-state index contributed by atoms with van der Waals surface area (Å²) in [4.78, 5) is 14.1. The fourth-order valence-corrected chi connectivity index (χ4v) is 2.83. The standard InChI is InChI=1S/C20H20FNO2/c21-18-9-6-16(7-10-18)8-11-20(23)24-15-17-12-13-22(14-17)19-4-2-1-3-5-19/h1-11,17H,12-15H2. The number of carbonyl (C=O) groups is 1. The summed E-state index contributed by atoms with van der Waals surface area (Å²) in [6, 6.07) is 16.2. The summed E-state index contributed by atoms with van der Waals surface area (Å²) in [6.45, 7) is 2.31. The van der Waals surface area contributed by atoms with Crippen molar-refractivity contribution < 1.29 is 13.9 Å². The van der Waals surface area contributed by atoms with Crippen molar-refractivity contribution in [3.05, 3.63) is 72.1 Å². The molecule has 1 heterocycles. The summed E-state index contributed by atoms with van der Waals surface area (Å²) in [5.74, 6) is -0.301. The minimum Gasteiger partial charge on any atom is -0.462 e. The van der Waals surface area contributed by atoms with E-state index < -0.39 is 0 Å². The molecular weight excluding hydrogens is 305 g/mol. The van der Waals surface area contributed by atoms with Gasteiger partial charge in [0.1, 0.15) is 5.82 Å². The molecule has 0 saturated carbocycles. The van der Waals surface area contributed by atoms with Gasteiger partial charge in [0.2, 0.25) is 0 Å². The zero-order valence-corrected chi connectivity index (χ0v) is 13.4. The van der Waals surface area contributed by atoms with Gasteiger partial charge in [-0.05, 0) is 42.3 Å². The van der Waals surface area contributed by atoms with Crippen LogP contribution in [0.3, 0.4) is 0 Å². The van der Waals surface area contributed by atoms with Gasteiger partial charge in [0.15, 0.2) is 0 Å². The van der Waals surface area contributed by atoms with Crippen LogP contribution in [0.1, 0.15) is 12.0 Å². The van der Waals surface area contributed by atoms with Crippen LogP contribution in [0.15, 0.2) is 60.7 Å². The van der Waals surface area contributed by atoms with E-state index in [4.69, 9.17) is 4.74 Å². The molecule has 1 unspecified atom stereocenters. The number of nitrogens with zero attached hydrogens (tertiary/aromatic N) is 1. The minimum atomic E-state index is -0.363. The van der Waals surface area contributed by atoms with Crippen molar-refractivity contribution in [2.75, 3.05) is 24.6 Å². The molecule has 0 aliphatic carbocycles. The number of benzene rings is 2. The van der Waals surface area contributed by atoms with Crippen LogP contribution in [-0.2, 0) is 9.53 Å². The van der Waals surface area contributed by atoms with Crippen LogP contribution in [0, 0.1) is 11.7 Å². The summed E-state index contributed by atoms with van der Waals surface area (Å²) >= 11 is 0. The third-order valence-electron chi connectivity index (χ3n) is 4.15. The van der Waals surface area contributed by atoms with Crippen LogP contribution in [0.5, 0.6) is 0 Å². The molecule has 0 bridgehead atoms. The smallest absolute Gasteiger partial charge is 0.330 e. The van der Waals surface area contributed by atoms with Crippen LogP contribution < -0.4 is 4.90 Å². The summed E-state index contributed by atoms with van der Waals surface area (Å²) in [6.07, 6.45) is 4.04. The van der Waals surface area contributed by atoms with Crippen molar-refractivity contribution in [2.24, 2.45) is 5.92 Å². The lowest BCUT2D eigenvalue weighted by atomic mass is 10.1. The third-order valence-corrected chi connectivity index (χ3v) is 4.15. The van der Waals surface area contributed by atoms with Gasteiger partial charge in [0, 0.05) is 30.8 Å². The molecule has 3 rings (SSSR count). The second kappa shape index (κ2) is 7.77. The summed E-state index contributed by atoms with van der Waals surface area (Å²) < 4.78 is 18.1. The topological polar surface area (TPSA) is 29.5 Å². The molecule has 1 atom stereocenters. The molecule has 0 N–H and O–H groups in total. The van der Waals surface area contributed by atoms with Gasteiger partial charge in [-0.2, -0.15) is 0 Å². The number of hydrogen-bond acceptors (Lipinski definition) is 3. The van der Waals surface area contributed by atoms with E-state index >= 15 is 0 Å². The number of anilines is 1. The third kappa shape index (κ3) is 4.44. The van der Waals surface area contributed by atoms with Crippen LogP contribution in [0.25, 0.3) is 6.08 Å². The van der Waals surface area contributed by atoms with Gasteiger partial charge in [0.25, 0.3) is 0 Å². The molecule has 124 valence electrons. The SMILES string of the molecule is O=C(C=Cc1ccc(F)cc1)OCC1CCN(c2ccccc2)C1. The number of ether oxygens (including phenoxy) is 1. The number of halogens is 1. The van der Waals surface area contributed by atoms with Crippen LogP contribution in [0.2, 0.25) is 0 Å². The summed E-state index contributed by atoms with van der Waals surface area (Å²) in [5.41, 5.74) is 1.98. The Hall–Kier alpha value is -2.62. The fourth-order valence-electron chi connectivity index (χ4n) is 2.83. The minimum absolute atomic E-state index is 0.293. The highest BCUT2D eigenvalue weighted by Gasteiger charge is 2.23. The Morgan fingerprint density at radius 1 is 1.17 bits per heavy atom. The maximum absolute atomic E-state index is 12.8. The predicted octanol–water partition coefficient (Wildman–Crippen LogP) is 3.91. The lowest BCUT2D eigenvalue weighted by Gasteiger charge is -2.18. The van der Waals surface area contributed by atoms with E-state index in [1.807, 2.05) is 18.2 Å². The van der Waals surface area contributed by atoms with Crippen molar-refractivity contribution in [1.82, 2.24) is 0 Å². The predicted molar refractivity (Wildman–Crippen MR) is 93.2 cm³/mol. The lowest BCUT2D eigenvalue weighted by Crippen LogP contribution is -2.21. The Bertz CT molecular complexity index is 697. The Labute approximate surface area is 141 Å². The van der Waals surface area contributed by atoms with Crippen LogP contribution in [-0.4, -0.2) is 25.7 Å². The van der Waals surface area contributed by atoms with Gasteiger partial charge in [0.05, 0.1) is 6.61 Å². The molecule has 0 amide bonds. The Morgan fingerprint density at radius 2 is 1.92 bits per heavy atom. The number of para-hydroxylation sites is 1. The number of rotatable bonds is 5. The molecule has 0 radical (unpaired) electrons. The molecule has 4 heteroatoms. The Balaban J connectivity index is 1.44. The number of carbonyl (C=O) groups excluding carboxylic acids is 1. The lowest BCUT2D eigenvalue weighted by molar-refractivity contribution is -0.138. The van der Waals surface area contributed by atoms with E-state index in [9.17, 15) is 9.18 Å². The van der Waals surface area contributed by atoms with Gasteiger partial charge in [-0.3, -0.25) is 0 Å². The van der Waals surface area contributed by atoms with E-state index in [-0.39, 0.29) is 11.8 Å². The molecule has 1 fully saturated rings. The zero-order chi connectivity index (χ0) is 16.8. The summed E-state index contributed by atoms with van der Waals surface area (Å²) in [7, 11) is 0. The largest absolute Gasteiger partial charge is 0.462 e. The molecule has 1 aliphatic heterocycles. The normalized spacial score (nSPS) is 17.4. The average molecular weight is 325 g/mol. The van der Waals surface area contributed by atoms with E-state index in [1.54, 1.807) is 18.2 Å². The molecule has 1 aliphatic rings. The monoisotopic (exact) mass is 325 g/mol. The number of esters is 1. The van der Waals surface area contributed by atoms with Crippen molar-refractivity contribution in [2.45, 2.75) is 6.42 Å². The first-order valence-electron chi connectivity index (χ1n) is 8.11. The maximum Gasteiger partial charge on any atom is 0.330 e. The van der Waals surface area contributed by atoms with Crippen molar-refractivity contribution in [3.63, 3.8) is 0 Å². The fraction of sp³-hybridized carbons (Fsp3) is 0.250. The van der Waals surface area contributed by atoms with Crippen molar-refractivity contribution >= 4 is 17.7 Å². The maximum atomic E-state index is 12.8. The highest BCUT2D eigenvalue weighted by Crippen LogP contribution is 2.23. The van der Waals surface area contributed by atoms with E-state index in [1.165, 1.54) is 23.9 Å². The van der Waals surface area contributed by atoms with Crippen LogP contribution in [0.4, 0.5) is 10.1 Å². The van der Waals surface area contributed by atoms with Gasteiger partial charge in [-0.1, -0.05) is 30.3 Å². The van der Waals surface area contributed by atoms with Gasteiger partial charge in [-0.25, -0.2) is 9.18 Å². The van der Waals surface area contributed by atoms with Crippen LogP contribution >= 0.6 is 0 Å². The first kappa shape index (κ1) is 16.2. The van der Waals surface area contributed by atoms with E-state index in [2.05, 4.69) is 17.0 Å². The first-order valence-corrected chi connectivity index (χ1v) is 8.11. The molecule has 24 heavy (non-hydrogen) atoms. The second-order valence-corrected chi connectivity index (χ2v) is 5.95. The molecular formula is C20H20FNO2. The summed E-state index contributed by atoms with van der Waals surface area (Å²) in [5, 5.41) is 0. The molecule has 2 aromatic rings. The number of hydrogen-bond donors (Lipinski definition) is 0. The van der Waals surface area contributed by atoms with E-state index in [0.29, 0.717) is 12.5 Å². The van der Waals surface area contributed by atoms with Gasteiger partial charge < -0.3 is 9.64 Å². The van der Waals surface area contributed by atoms with Gasteiger partial charge >= 0.3 is 5.97 Å². The quantitative estimate of drug-likeness (QED) is 0.617. The highest BCUT2D eigenvalue weighted by molar-refractivity contribution is 5.87. The van der Waals surface area contributed by atoms with Crippen molar-refractivity contribution in [1.29, 1.82) is 0 Å². The second-order valence-electron chi connectivity index (χ2n) is 5.95. The highest BCUT2D eigenvalue weighted by atomic mass is 19.1. The average Bonchev–Trinajstić information content (AvgIpc) is 3.09. The Kier molecular flexibility index (Phi) is 5.26. The molecule has 2 aromatic carbocycles. The zero-order valence-electron chi connectivity index (χ0n) is 13.4. The van der Waals surface area contributed by atoms with Gasteiger partial charge in [-0.15, -0.1) is 0 Å². The molecule has 3 nitrogen and oxygen atoms in total. The van der Waals surface area contributed by atoms with E-state index in [0.717, 1.165) is 25.1 Å². The van der Waals surface area contributed by atoms with Crippen molar-refractivity contribution in [3.8, 4) is 0 Å². The molecule has 1 saturated heterocycles. The first-order chi connectivity index (χ1) is 11.7.